The molecular formula is C12H25NO2. The molecule has 0 aliphatic rings. The van der Waals surface area contributed by atoms with E-state index in [1.165, 1.54) is 0 Å². The molecule has 15 heavy (non-hydrogen) atoms. The SMILES string of the molecule is CCC(N)CCCCC(=O)OC(C)(C)C. The Labute approximate surface area is 93.4 Å². The van der Waals surface area contributed by atoms with E-state index in [-0.39, 0.29) is 17.6 Å². The Hall–Kier alpha value is -0.570. The van der Waals surface area contributed by atoms with Crippen LogP contribution < -0.4 is 5.73 Å². The molecule has 90 valence electrons. The molecule has 0 fully saturated rings. The van der Waals surface area contributed by atoms with Gasteiger partial charge in [0.15, 0.2) is 0 Å². The number of nitrogens with two attached hydrogens (primary N) is 1. The normalized spacial score (nSPS) is 13.7. The Kier molecular flexibility index (Phi) is 6.57. The van der Waals surface area contributed by atoms with Gasteiger partial charge in [-0.25, -0.2) is 0 Å². The molecule has 3 nitrogen and oxygen atoms in total. The van der Waals surface area contributed by atoms with Gasteiger partial charge in [0.1, 0.15) is 5.60 Å². The Bertz CT molecular complexity index is 185. The van der Waals surface area contributed by atoms with Gasteiger partial charge in [0, 0.05) is 12.5 Å². The van der Waals surface area contributed by atoms with Gasteiger partial charge in [0.05, 0.1) is 0 Å². The maximum absolute atomic E-state index is 11.3. The highest BCUT2D eigenvalue weighted by Crippen LogP contribution is 2.11. The Morgan fingerprint density at radius 3 is 2.40 bits per heavy atom. The molecule has 0 aromatic heterocycles. The maximum atomic E-state index is 11.3. The molecule has 0 amide bonds. The summed E-state index contributed by atoms with van der Waals surface area (Å²) in [7, 11) is 0. The molecule has 0 spiro atoms. The first-order chi connectivity index (χ1) is 6.85. The fourth-order valence-corrected chi connectivity index (χ4v) is 1.27. The molecule has 0 aromatic carbocycles. The van der Waals surface area contributed by atoms with Crippen LogP contribution in [-0.4, -0.2) is 17.6 Å². The second-order valence-electron chi connectivity index (χ2n) is 5.00. The largest absolute Gasteiger partial charge is 0.460 e. The molecule has 0 heterocycles. The predicted molar refractivity (Wildman–Crippen MR) is 62.6 cm³/mol. The highest BCUT2D eigenvalue weighted by Gasteiger charge is 2.15. The number of hydrogen-bond donors (Lipinski definition) is 1. The maximum Gasteiger partial charge on any atom is 0.306 e. The molecule has 0 aromatic rings. The van der Waals surface area contributed by atoms with Crippen LogP contribution in [-0.2, 0) is 9.53 Å². The molecule has 0 radical (unpaired) electrons. The third kappa shape index (κ3) is 9.73. The minimum absolute atomic E-state index is 0.104. The first kappa shape index (κ1) is 14.4. The van der Waals surface area contributed by atoms with Gasteiger partial charge in [-0.05, 0) is 40.0 Å². The van der Waals surface area contributed by atoms with Crippen LogP contribution in [0.2, 0.25) is 0 Å². The Balaban J connectivity index is 3.48. The summed E-state index contributed by atoms with van der Waals surface area (Å²) in [4.78, 5) is 11.3. The van der Waals surface area contributed by atoms with Crippen molar-refractivity contribution >= 4 is 5.97 Å². The molecule has 1 unspecified atom stereocenters. The number of esters is 1. The van der Waals surface area contributed by atoms with E-state index in [9.17, 15) is 4.79 Å². The van der Waals surface area contributed by atoms with E-state index in [1.54, 1.807) is 0 Å². The number of hydrogen-bond acceptors (Lipinski definition) is 3. The summed E-state index contributed by atoms with van der Waals surface area (Å²) in [6.45, 7) is 7.74. The van der Waals surface area contributed by atoms with E-state index in [4.69, 9.17) is 10.5 Å². The summed E-state index contributed by atoms with van der Waals surface area (Å²) in [6.07, 6.45) is 4.40. The smallest absolute Gasteiger partial charge is 0.306 e. The van der Waals surface area contributed by atoms with E-state index in [0.29, 0.717) is 6.42 Å². The van der Waals surface area contributed by atoms with Crippen molar-refractivity contribution in [3.05, 3.63) is 0 Å². The summed E-state index contributed by atoms with van der Waals surface area (Å²) in [5, 5.41) is 0. The summed E-state index contributed by atoms with van der Waals surface area (Å²) < 4.78 is 5.20. The molecule has 0 saturated heterocycles. The third-order valence-corrected chi connectivity index (χ3v) is 2.15. The molecule has 3 heteroatoms. The fraction of sp³-hybridized carbons (Fsp3) is 0.917. The van der Waals surface area contributed by atoms with E-state index < -0.39 is 0 Å². The zero-order valence-corrected chi connectivity index (χ0v) is 10.5. The standard InChI is InChI=1S/C12H25NO2/c1-5-10(13)8-6-7-9-11(14)15-12(2,3)4/h10H,5-9,13H2,1-4H3. The van der Waals surface area contributed by atoms with Crippen LogP contribution in [0.15, 0.2) is 0 Å². The number of carbonyl (C=O) groups excluding carboxylic acids is 1. The van der Waals surface area contributed by atoms with Crippen molar-refractivity contribution in [3.63, 3.8) is 0 Å². The van der Waals surface area contributed by atoms with Gasteiger partial charge in [-0.3, -0.25) is 4.79 Å². The van der Waals surface area contributed by atoms with Crippen LogP contribution in [0.25, 0.3) is 0 Å². The minimum Gasteiger partial charge on any atom is -0.460 e. The fourth-order valence-electron chi connectivity index (χ4n) is 1.27. The van der Waals surface area contributed by atoms with Crippen LogP contribution in [0, 0.1) is 0 Å². The van der Waals surface area contributed by atoms with Crippen molar-refractivity contribution in [3.8, 4) is 0 Å². The topological polar surface area (TPSA) is 52.3 Å². The summed E-state index contributed by atoms with van der Waals surface area (Å²) >= 11 is 0. The molecule has 0 aliphatic heterocycles. The van der Waals surface area contributed by atoms with Gasteiger partial charge in [-0.15, -0.1) is 0 Å². The average Bonchev–Trinajstić information content (AvgIpc) is 2.09. The van der Waals surface area contributed by atoms with Gasteiger partial charge < -0.3 is 10.5 Å². The lowest BCUT2D eigenvalue weighted by molar-refractivity contribution is -0.154. The van der Waals surface area contributed by atoms with Crippen LogP contribution in [0.4, 0.5) is 0 Å². The van der Waals surface area contributed by atoms with Gasteiger partial charge >= 0.3 is 5.97 Å². The van der Waals surface area contributed by atoms with Gasteiger partial charge in [-0.1, -0.05) is 13.3 Å². The molecule has 0 aliphatic carbocycles. The van der Waals surface area contributed by atoms with Crippen LogP contribution in [0.3, 0.4) is 0 Å². The second-order valence-corrected chi connectivity index (χ2v) is 5.00. The Morgan fingerprint density at radius 2 is 1.93 bits per heavy atom. The first-order valence-electron chi connectivity index (χ1n) is 5.82. The number of unbranched alkanes of at least 4 members (excludes halogenated alkanes) is 1. The van der Waals surface area contributed by atoms with Crippen molar-refractivity contribution in [2.24, 2.45) is 5.73 Å². The van der Waals surface area contributed by atoms with E-state index in [0.717, 1.165) is 25.7 Å². The second kappa shape index (κ2) is 6.83. The van der Waals surface area contributed by atoms with E-state index >= 15 is 0 Å². The third-order valence-electron chi connectivity index (χ3n) is 2.15. The predicted octanol–water partition coefficient (Wildman–Crippen LogP) is 2.63. The molecule has 0 bridgehead atoms. The zero-order chi connectivity index (χ0) is 11.9. The lowest BCUT2D eigenvalue weighted by Gasteiger charge is -2.19. The van der Waals surface area contributed by atoms with Crippen molar-refractivity contribution < 1.29 is 9.53 Å². The lowest BCUT2D eigenvalue weighted by atomic mass is 10.1. The van der Waals surface area contributed by atoms with E-state index in [2.05, 4.69) is 6.92 Å². The van der Waals surface area contributed by atoms with E-state index in [1.807, 2.05) is 20.8 Å². The summed E-state index contributed by atoms with van der Waals surface area (Å²) in [5.74, 6) is -0.104. The zero-order valence-electron chi connectivity index (χ0n) is 10.5. The van der Waals surface area contributed by atoms with Gasteiger partial charge in [0.25, 0.3) is 0 Å². The van der Waals surface area contributed by atoms with Crippen molar-refractivity contribution in [2.75, 3.05) is 0 Å². The van der Waals surface area contributed by atoms with Gasteiger partial charge in [-0.2, -0.15) is 0 Å². The molecule has 2 N–H and O–H groups in total. The van der Waals surface area contributed by atoms with Gasteiger partial charge in [0.2, 0.25) is 0 Å². The minimum atomic E-state index is -0.364. The van der Waals surface area contributed by atoms with Crippen molar-refractivity contribution in [1.82, 2.24) is 0 Å². The monoisotopic (exact) mass is 215 g/mol. The van der Waals surface area contributed by atoms with Crippen LogP contribution in [0.5, 0.6) is 0 Å². The number of rotatable bonds is 6. The Morgan fingerprint density at radius 1 is 1.33 bits per heavy atom. The molecule has 1 atom stereocenters. The first-order valence-corrected chi connectivity index (χ1v) is 5.82. The number of carbonyl (C=O) groups is 1. The summed E-state index contributed by atoms with van der Waals surface area (Å²) in [5.41, 5.74) is 5.41. The lowest BCUT2D eigenvalue weighted by Crippen LogP contribution is -2.23. The summed E-state index contributed by atoms with van der Waals surface area (Å²) in [6, 6.07) is 0.281. The highest BCUT2D eigenvalue weighted by molar-refractivity contribution is 5.69. The van der Waals surface area contributed by atoms with Crippen LogP contribution >= 0.6 is 0 Å². The quantitative estimate of drug-likeness (QED) is 0.547. The average molecular weight is 215 g/mol. The van der Waals surface area contributed by atoms with Crippen LogP contribution in [0.1, 0.15) is 59.8 Å². The molecular weight excluding hydrogens is 190 g/mol. The van der Waals surface area contributed by atoms with Crippen molar-refractivity contribution in [1.29, 1.82) is 0 Å². The molecule has 0 rings (SSSR count). The molecule has 0 saturated carbocycles. The van der Waals surface area contributed by atoms with Crippen molar-refractivity contribution in [2.45, 2.75) is 71.4 Å². The highest BCUT2D eigenvalue weighted by atomic mass is 16.6. The number of ether oxygens (including phenoxy) is 1.